The molecule has 4 atom stereocenters. The zero-order valence-electron chi connectivity index (χ0n) is 17.6. The van der Waals surface area contributed by atoms with Gasteiger partial charge in [-0.3, -0.25) is 14.4 Å². The second kappa shape index (κ2) is 9.31. The van der Waals surface area contributed by atoms with Crippen molar-refractivity contribution in [1.29, 1.82) is 0 Å². The lowest BCUT2D eigenvalue weighted by Crippen LogP contribution is -2.52. The van der Waals surface area contributed by atoms with Crippen LogP contribution in [0.4, 0.5) is 0 Å². The third-order valence-corrected chi connectivity index (χ3v) is 6.72. The summed E-state index contributed by atoms with van der Waals surface area (Å²) in [6, 6.07) is 5.40. The summed E-state index contributed by atoms with van der Waals surface area (Å²) in [5.41, 5.74) is 1.09. The van der Waals surface area contributed by atoms with E-state index in [-0.39, 0.29) is 29.5 Å². The number of likely N-dealkylation sites (tertiary alicyclic amines) is 1. The Kier molecular flexibility index (Phi) is 6.53. The Morgan fingerprint density at radius 2 is 2.17 bits per heavy atom. The number of fused-ring (bicyclic) bond motifs is 4. The number of carbonyl (C=O) groups excluding carboxylic acids is 2. The van der Waals surface area contributed by atoms with E-state index in [0.717, 1.165) is 44.8 Å². The first-order chi connectivity index (χ1) is 14.5. The van der Waals surface area contributed by atoms with Crippen LogP contribution in [0.5, 0.6) is 0 Å². The second-order valence-electron chi connectivity index (χ2n) is 8.84. The van der Waals surface area contributed by atoms with Crippen LogP contribution in [0.3, 0.4) is 0 Å². The van der Waals surface area contributed by atoms with Gasteiger partial charge in [0.15, 0.2) is 0 Å². The van der Waals surface area contributed by atoms with Crippen molar-refractivity contribution in [3.05, 3.63) is 34.2 Å². The Labute approximate surface area is 177 Å². The molecule has 1 aromatic heterocycles. The molecule has 2 amide bonds. The van der Waals surface area contributed by atoms with E-state index in [1.54, 1.807) is 13.2 Å². The lowest BCUT2D eigenvalue weighted by Gasteiger charge is -2.47. The molecule has 0 aromatic carbocycles. The Morgan fingerprint density at radius 3 is 2.93 bits per heavy atom. The molecular weight excluding hydrogens is 384 g/mol. The van der Waals surface area contributed by atoms with Crippen molar-refractivity contribution in [2.24, 2.45) is 5.92 Å². The van der Waals surface area contributed by atoms with Crippen LogP contribution in [-0.4, -0.2) is 67.2 Å². The quantitative estimate of drug-likeness (QED) is 0.607. The molecule has 8 nitrogen and oxygen atoms in total. The number of amides is 2. The highest BCUT2D eigenvalue weighted by atomic mass is 16.5. The summed E-state index contributed by atoms with van der Waals surface area (Å²) in [7, 11) is 1.73. The standard InChI is InChI=1S/C22H32N4O4/c1-30-9-3-8-25-13-15-10-16(14-25)19(26-18(15)4-2-5-22(26)29)12-23-21(28)11-17-6-7-20(27)24-17/h2,4-5,15-17,19H,3,6-14H2,1H3,(H,23,28)(H,24,27)/t15-,16+,17-,19+/m1/s1. The maximum Gasteiger partial charge on any atom is 0.251 e. The molecule has 0 unspecified atom stereocenters. The van der Waals surface area contributed by atoms with Crippen LogP contribution in [0.2, 0.25) is 0 Å². The zero-order valence-corrected chi connectivity index (χ0v) is 17.6. The van der Waals surface area contributed by atoms with E-state index in [4.69, 9.17) is 4.74 Å². The van der Waals surface area contributed by atoms with Gasteiger partial charge in [0, 0.05) is 76.5 Å². The highest BCUT2D eigenvalue weighted by Gasteiger charge is 2.40. The maximum atomic E-state index is 12.7. The van der Waals surface area contributed by atoms with E-state index in [2.05, 4.69) is 21.6 Å². The first-order valence-electron chi connectivity index (χ1n) is 11.0. The fraction of sp³-hybridized carbons (Fsp3) is 0.682. The summed E-state index contributed by atoms with van der Waals surface area (Å²) in [5, 5.41) is 5.88. The SMILES string of the molecule is COCCCN1C[C@H]2C[C@@H](C1)[C@H](CNC(=O)C[C@H]1CCC(=O)N1)n1c2cccc1=O. The molecular formula is C22H32N4O4. The van der Waals surface area contributed by atoms with Crippen LogP contribution in [0.25, 0.3) is 0 Å². The number of nitrogens with zero attached hydrogens (tertiary/aromatic N) is 2. The number of hydrogen-bond acceptors (Lipinski definition) is 5. The van der Waals surface area contributed by atoms with Gasteiger partial charge < -0.3 is 24.8 Å². The molecule has 4 rings (SSSR count). The topological polar surface area (TPSA) is 92.7 Å². The smallest absolute Gasteiger partial charge is 0.251 e. The van der Waals surface area contributed by atoms with E-state index >= 15 is 0 Å². The third kappa shape index (κ3) is 4.59. The molecule has 0 radical (unpaired) electrons. The highest BCUT2D eigenvalue weighted by molar-refractivity contribution is 5.81. The lowest BCUT2D eigenvalue weighted by atomic mass is 9.78. The predicted octanol–water partition coefficient (Wildman–Crippen LogP) is 0.630. The van der Waals surface area contributed by atoms with Gasteiger partial charge in [0.05, 0.1) is 6.04 Å². The highest BCUT2D eigenvalue weighted by Crippen LogP contribution is 2.40. The molecule has 3 aliphatic rings. The molecule has 4 heterocycles. The molecule has 2 N–H and O–H groups in total. The minimum Gasteiger partial charge on any atom is -0.385 e. The van der Waals surface area contributed by atoms with Gasteiger partial charge in [0.1, 0.15) is 0 Å². The average Bonchev–Trinajstić information content (AvgIpc) is 3.13. The van der Waals surface area contributed by atoms with Gasteiger partial charge in [-0.15, -0.1) is 0 Å². The predicted molar refractivity (Wildman–Crippen MR) is 112 cm³/mol. The summed E-state index contributed by atoms with van der Waals surface area (Å²) in [6.45, 7) is 4.07. The van der Waals surface area contributed by atoms with Crippen molar-refractivity contribution in [1.82, 2.24) is 20.1 Å². The first-order valence-corrected chi connectivity index (χ1v) is 11.0. The fourth-order valence-electron chi connectivity index (χ4n) is 5.36. The third-order valence-electron chi connectivity index (χ3n) is 6.72. The van der Waals surface area contributed by atoms with E-state index in [1.807, 2.05) is 10.6 Å². The molecule has 2 bridgehead atoms. The largest absolute Gasteiger partial charge is 0.385 e. The number of aromatic nitrogens is 1. The van der Waals surface area contributed by atoms with Crippen LogP contribution in [-0.2, 0) is 14.3 Å². The molecule has 2 fully saturated rings. The maximum absolute atomic E-state index is 12.7. The number of rotatable bonds is 8. The van der Waals surface area contributed by atoms with Gasteiger partial charge in [-0.1, -0.05) is 6.07 Å². The van der Waals surface area contributed by atoms with Crippen molar-refractivity contribution in [3.63, 3.8) is 0 Å². The van der Waals surface area contributed by atoms with E-state index < -0.39 is 0 Å². The van der Waals surface area contributed by atoms with Crippen LogP contribution < -0.4 is 16.2 Å². The molecule has 1 aromatic rings. The molecule has 8 heteroatoms. The zero-order chi connectivity index (χ0) is 21.1. The number of pyridine rings is 1. The Morgan fingerprint density at radius 1 is 1.30 bits per heavy atom. The van der Waals surface area contributed by atoms with Crippen LogP contribution in [0, 0.1) is 5.92 Å². The minimum atomic E-state index is -0.0748. The van der Waals surface area contributed by atoms with Crippen LogP contribution in [0.15, 0.2) is 23.0 Å². The van der Waals surface area contributed by atoms with Gasteiger partial charge in [-0.25, -0.2) is 0 Å². The van der Waals surface area contributed by atoms with Crippen molar-refractivity contribution < 1.29 is 14.3 Å². The molecule has 30 heavy (non-hydrogen) atoms. The molecule has 0 spiro atoms. The average molecular weight is 417 g/mol. The molecule has 164 valence electrons. The number of ether oxygens (including phenoxy) is 1. The fourth-order valence-corrected chi connectivity index (χ4v) is 5.36. The van der Waals surface area contributed by atoms with Gasteiger partial charge in [0.25, 0.3) is 5.56 Å². The number of hydrogen-bond donors (Lipinski definition) is 2. The molecule has 0 aliphatic carbocycles. The summed E-state index contributed by atoms with van der Waals surface area (Å²) < 4.78 is 7.12. The monoisotopic (exact) mass is 416 g/mol. The first kappa shape index (κ1) is 21.1. The molecule has 0 saturated carbocycles. The van der Waals surface area contributed by atoms with Crippen molar-refractivity contribution in [2.75, 3.05) is 39.9 Å². The van der Waals surface area contributed by atoms with E-state index in [0.29, 0.717) is 37.6 Å². The van der Waals surface area contributed by atoms with Crippen LogP contribution in [0.1, 0.15) is 49.8 Å². The summed E-state index contributed by atoms with van der Waals surface area (Å²) in [4.78, 5) is 39.1. The van der Waals surface area contributed by atoms with Crippen molar-refractivity contribution in [2.45, 2.75) is 50.1 Å². The van der Waals surface area contributed by atoms with Gasteiger partial charge >= 0.3 is 0 Å². The number of piperidine rings is 1. The number of nitrogens with one attached hydrogen (secondary N) is 2. The van der Waals surface area contributed by atoms with E-state index in [1.165, 1.54) is 0 Å². The number of carbonyl (C=O) groups is 2. The normalized spacial score (nSPS) is 28.1. The van der Waals surface area contributed by atoms with Gasteiger partial charge in [-0.05, 0) is 31.2 Å². The number of methoxy groups -OCH3 is 1. The van der Waals surface area contributed by atoms with Crippen LogP contribution >= 0.6 is 0 Å². The van der Waals surface area contributed by atoms with Crippen molar-refractivity contribution >= 4 is 11.8 Å². The molecule has 3 aliphatic heterocycles. The summed E-state index contributed by atoms with van der Waals surface area (Å²) in [6.07, 6.45) is 3.53. The summed E-state index contributed by atoms with van der Waals surface area (Å²) in [5.74, 6) is 0.621. The second-order valence-corrected chi connectivity index (χ2v) is 8.84. The lowest BCUT2D eigenvalue weighted by molar-refractivity contribution is -0.122. The van der Waals surface area contributed by atoms with Gasteiger partial charge in [-0.2, -0.15) is 0 Å². The Balaban J connectivity index is 1.45. The van der Waals surface area contributed by atoms with E-state index in [9.17, 15) is 14.4 Å². The Hall–Kier alpha value is -2.19. The summed E-state index contributed by atoms with van der Waals surface area (Å²) >= 11 is 0. The van der Waals surface area contributed by atoms with Gasteiger partial charge in [0.2, 0.25) is 11.8 Å². The minimum absolute atomic E-state index is 0.0114. The molecule has 2 saturated heterocycles. The Bertz CT molecular complexity index is 839. The van der Waals surface area contributed by atoms with Crippen molar-refractivity contribution in [3.8, 4) is 0 Å².